The van der Waals surface area contributed by atoms with Crippen LogP contribution < -0.4 is 4.74 Å². The number of alkyl halides is 2. The summed E-state index contributed by atoms with van der Waals surface area (Å²) < 4.78 is 32.2. The fourth-order valence-corrected chi connectivity index (χ4v) is 3.28. The number of rotatable bonds is 8. The minimum atomic E-state index is -3.02. The molecule has 3 aromatic rings. The Kier molecular flexibility index (Phi) is 6.81. The molecular weight excluding hydrogens is 418 g/mol. The Labute approximate surface area is 185 Å². The molecule has 32 heavy (non-hydrogen) atoms. The summed E-state index contributed by atoms with van der Waals surface area (Å²) in [4.78, 5) is 24.2. The maximum absolute atomic E-state index is 13.5. The molecule has 2 heterocycles. The van der Waals surface area contributed by atoms with Crippen molar-refractivity contribution in [1.82, 2.24) is 29.9 Å². The lowest BCUT2D eigenvalue weighted by Gasteiger charge is -2.29. The second kappa shape index (κ2) is 9.37. The predicted molar refractivity (Wildman–Crippen MR) is 114 cm³/mol. The van der Waals surface area contributed by atoms with Crippen molar-refractivity contribution in [2.24, 2.45) is 0 Å². The Hall–Kier alpha value is -3.43. The zero-order chi connectivity index (χ0) is 23.5. The largest absolute Gasteiger partial charge is 0.461 e. The van der Waals surface area contributed by atoms with E-state index in [1.807, 2.05) is 33.8 Å². The van der Waals surface area contributed by atoms with Crippen molar-refractivity contribution < 1.29 is 18.3 Å². The highest BCUT2D eigenvalue weighted by atomic mass is 19.3. The van der Waals surface area contributed by atoms with Crippen molar-refractivity contribution in [2.45, 2.75) is 46.6 Å². The fraction of sp³-hybridized carbons (Fsp3) is 0.409. The van der Waals surface area contributed by atoms with Crippen molar-refractivity contribution in [3.63, 3.8) is 0 Å². The predicted octanol–water partition coefficient (Wildman–Crippen LogP) is 3.72. The van der Waals surface area contributed by atoms with Crippen LogP contribution in [0.2, 0.25) is 0 Å². The van der Waals surface area contributed by atoms with Gasteiger partial charge in [-0.3, -0.25) is 4.79 Å². The number of hydrogen-bond acceptors (Lipinski definition) is 6. The van der Waals surface area contributed by atoms with Gasteiger partial charge in [-0.15, -0.1) is 0 Å². The first-order valence-corrected chi connectivity index (χ1v) is 10.2. The highest BCUT2D eigenvalue weighted by molar-refractivity contribution is 5.98. The maximum atomic E-state index is 13.5. The monoisotopic (exact) mass is 444 g/mol. The van der Waals surface area contributed by atoms with E-state index in [0.717, 1.165) is 30.4 Å². The number of halogens is 2. The summed E-state index contributed by atoms with van der Waals surface area (Å²) in [6.45, 7) is 8.90. The van der Waals surface area contributed by atoms with Crippen LogP contribution in [0.4, 0.5) is 8.78 Å². The van der Waals surface area contributed by atoms with Gasteiger partial charge in [0.05, 0.1) is 29.6 Å². The summed E-state index contributed by atoms with van der Waals surface area (Å²) in [5.41, 5.74) is 2.74. The van der Waals surface area contributed by atoms with Crippen molar-refractivity contribution in [3.8, 4) is 11.7 Å². The minimum absolute atomic E-state index is 0.0269. The number of benzene rings is 1. The van der Waals surface area contributed by atoms with Crippen LogP contribution in [-0.4, -0.2) is 55.0 Å². The zero-order valence-corrected chi connectivity index (χ0v) is 18.7. The lowest BCUT2D eigenvalue weighted by Crippen LogP contribution is -2.42. The molecule has 8 nitrogen and oxygen atoms in total. The molecule has 0 aliphatic heterocycles. The Bertz CT molecular complexity index is 1070. The highest BCUT2D eigenvalue weighted by Gasteiger charge is 2.27. The molecule has 0 fully saturated rings. The number of nitrogens with zero attached hydrogens (tertiary/aromatic N) is 6. The van der Waals surface area contributed by atoms with E-state index >= 15 is 0 Å². The molecule has 0 radical (unpaired) electrons. The standard InChI is InChI=1S/C22H26F2N6O2/c1-6-29(15(3)13-32-21-25-11-17(12-26-21)22(5,23)24)20(31)18-8-7-14(2)16(4)19(18)30-27-9-10-28-30/h7-12,15H,6,13H2,1-5H3/t15-/m0/s1. The van der Waals surface area contributed by atoms with Crippen LogP contribution in [0, 0.1) is 13.8 Å². The molecule has 0 spiro atoms. The van der Waals surface area contributed by atoms with Crippen LogP contribution in [0.1, 0.15) is 47.8 Å². The smallest absolute Gasteiger partial charge is 0.316 e. The number of amides is 1. The molecule has 1 atom stereocenters. The van der Waals surface area contributed by atoms with Crippen LogP contribution >= 0.6 is 0 Å². The van der Waals surface area contributed by atoms with Crippen LogP contribution in [0.25, 0.3) is 5.69 Å². The Morgan fingerprint density at radius 2 is 1.81 bits per heavy atom. The van der Waals surface area contributed by atoms with E-state index < -0.39 is 5.92 Å². The quantitative estimate of drug-likeness (QED) is 0.526. The first kappa shape index (κ1) is 23.2. The van der Waals surface area contributed by atoms with Crippen LogP contribution in [-0.2, 0) is 5.92 Å². The number of ether oxygens (including phenoxy) is 1. The summed E-state index contributed by atoms with van der Waals surface area (Å²) in [6, 6.07) is 3.31. The molecule has 10 heteroatoms. The molecule has 0 bridgehead atoms. The van der Waals surface area contributed by atoms with Gasteiger partial charge in [-0.05, 0) is 44.9 Å². The molecule has 1 amide bonds. The molecule has 0 aliphatic rings. The Morgan fingerprint density at radius 1 is 1.19 bits per heavy atom. The van der Waals surface area contributed by atoms with Crippen LogP contribution in [0.15, 0.2) is 36.9 Å². The third kappa shape index (κ3) is 4.90. The van der Waals surface area contributed by atoms with Gasteiger partial charge in [0.2, 0.25) is 0 Å². The number of aromatic nitrogens is 5. The third-order valence-electron chi connectivity index (χ3n) is 5.27. The van der Waals surface area contributed by atoms with Gasteiger partial charge in [-0.1, -0.05) is 6.07 Å². The third-order valence-corrected chi connectivity index (χ3v) is 5.27. The van der Waals surface area contributed by atoms with Gasteiger partial charge in [-0.2, -0.15) is 15.0 Å². The van der Waals surface area contributed by atoms with Crippen LogP contribution in [0.5, 0.6) is 6.01 Å². The van der Waals surface area contributed by atoms with Crippen LogP contribution in [0.3, 0.4) is 0 Å². The van der Waals surface area contributed by atoms with Crippen molar-refractivity contribution in [3.05, 3.63) is 59.2 Å². The fourth-order valence-electron chi connectivity index (χ4n) is 3.28. The van der Waals surface area contributed by atoms with Gasteiger partial charge in [0, 0.05) is 25.9 Å². The molecule has 0 saturated heterocycles. The SMILES string of the molecule is CCN(C(=O)c1ccc(C)c(C)c1-n1nccn1)[C@@H](C)COc1ncc(C(C)(F)F)cn1. The normalized spacial score (nSPS) is 12.5. The maximum Gasteiger partial charge on any atom is 0.316 e. The summed E-state index contributed by atoms with van der Waals surface area (Å²) >= 11 is 0. The molecule has 0 N–H and O–H groups in total. The second-order valence-corrected chi connectivity index (χ2v) is 7.62. The van der Waals surface area contributed by atoms with E-state index in [0.29, 0.717) is 17.8 Å². The lowest BCUT2D eigenvalue weighted by atomic mass is 10.0. The van der Waals surface area contributed by atoms with Gasteiger partial charge in [0.15, 0.2) is 0 Å². The average molecular weight is 444 g/mol. The second-order valence-electron chi connectivity index (χ2n) is 7.62. The zero-order valence-electron chi connectivity index (χ0n) is 18.7. The molecule has 0 aliphatic carbocycles. The summed E-state index contributed by atoms with van der Waals surface area (Å²) in [5.74, 6) is -3.22. The molecule has 0 unspecified atom stereocenters. The molecule has 1 aromatic carbocycles. The number of hydrogen-bond donors (Lipinski definition) is 0. The van der Waals surface area contributed by atoms with E-state index in [-0.39, 0.29) is 30.1 Å². The summed E-state index contributed by atoms with van der Waals surface area (Å²) in [7, 11) is 0. The van der Waals surface area contributed by atoms with E-state index in [2.05, 4.69) is 20.2 Å². The van der Waals surface area contributed by atoms with Gasteiger partial charge in [-0.25, -0.2) is 18.7 Å². The molecular formula is C22H26F2N6O2. The van der Waals surface area contributed by atoms with Gasteiger partial charge < -0.3 is 9.64 Å². The van der Waals surface area contributed by atoms with E-state index in [1.165, 1.54) is 4.80 Å². The van der Waals surface area contributed by atoms with E-state index in [9.17, 15) is 13.6 Å². The number of carbonyl (C=O) groups is 1. The van der Waals surface area contributed by atoms with Crippen molar-refractivity contribution >= 4 is 5.91 Å². The van der Waals surface area contributed by atoms with Gasteiger partial charge >= 0.3 is 6.01 Å². The Balaban J connectivity index is 1.78. The summed E-state index contributed by atoms with van der Waals surface area (Å²) in [6.07, 6.45) is 5.19. The lowest BCUT2D eigenvalue weighted by molar-refractivity contribution is 0.0165. The first-order chi connectivity index (χ1) is 15.1. The topological polar surface area (TPSA) is 86.0 Å². The van der Waals surface area contributed by atoms with Crippen molar-refractivity contribution in [1.29, 1.82) is 0 Å². The number of aryl methyl sites for hydroxylation is 1. The average Bonchev–Trinajstić information content (AvgIpc) is 3.28. The molecule has 3 rings (SSSR count). The molecule has 170 valence electrons. The minimum Gasteiger partial charge on any atom is -0.461 e. The van der Waals surface area contributed by atoms with E-state index in [1.54, 1.807) is 23.4 Å². The number of carbonyl (C=O) groups excluding carboxylic acids is 1. The molecule has 0 saturated carbocycles. The number of likely N-dealkylation sites (N-methyl/N-ethyl adjacent to an activating group) is 1. The first-order valence-electron chi connectivity index (χ1n) is 10.2. The van der Waals surface area contributed by atoms with E-state index in [4.69, 9.17) is 4.74 Å². The molecule has 2 aromatic heterocycles. The van der Waals surface area contributed by atoms with Gasteiger partial charge in [0.25, 0.3) is 11.8 Å². The summed E-state index contributed by atoms with van der Waals surface area (Å²) in [5, 5.41) is 8.40. The van der Waals surface area contributed by atoms with Crippen molar-refractivity contribution in [2.75, 3.05) is 13.2 Å². The highest BCUT2D eigenvalue weighted by Crippen LogP contribution is 2.26. The van der Waals surface area contributed by atoms with Gasteiger partial charge in [0.1, 0.15) is 12.3 Å². The Morgan fingerprint density at radius 3 is 2.38 bits per heavy atom.